The summed E-state index contributed by atoms with van der Waals surface area (Å²) in [6.45, 7) is 0.316. The van der Waals surface area contributed by atoms with Gasteiger partial charge in [0.2, 0.25) is 0 Å². The SMILES string of the molecule is Fc1cccc(F)c1CNC(C1CC1)C1CC1. The molecular formula is C14H17F2N. The predicted octanol–water partition coefficient (Wildman–Crippen LogP) is 3.24. The fourth-order valence-corrected chi connectivity index (χ4v) is 2.55. The molecule has 2 aliphatic rings. The molecule has 3 rings (SSSR count). The minimum absolute atomic E-state index is 0.179. The van der Waals surface area contributed by atoms with Crippen LogP contribution in [0.2, 0.25) is 0 Å². The maximum atomic E-state index is 13.5. The molecule has 0 unspecified atom stereocenters. The highest BCUT2D eigenvalue weighted by Gasteiger charge is 2.41. The van der Waals surface area contributed by atoms with Crippen LogP contribution in [0.25, 0.3) is 0 Å². The molecule has 2 saturated carbocycles. The van der Waals surface area contributed by atoms with Gasteiger partial charge >= 0.3 is 0 Å². The summed E-state index contributed by atoms with van der Waals surface area (Å²) in [5, 5.41) is 3.36. The molecule has 92 valence electrons. The van der Waals surface area contributed by atoms with Gasteiger partial charge in [-0.1, -0.05) is 6.07 Å². The Bertz CT molecular complexity index is 378. The van der Waals surface area contributed by atoms with Crippen LogP contribution in [0, 0.1) is 23.5 Å². The molecule has 1 aromatic rings. The first-order valence-electron chi connectivity index (χ1n) is 6.42. The average molecular weight is 237 g/mol. The first-order valence-corrected chi connectivity index (χ1v) is 6.42. The van der Waals surface area contributed by atoms with Crippen molar-refractivity contribution in [3.05, 3.63) is 35.4 Å². The third kappa shape index (κ3) is 2.49. The van der Waals surface area contributed by atoms with Gasteiger partial charge in [-0.15, -0.1) is 0 Å². The molecule has 0 heterocycles. The van der Waals surface area contributed by atoms with Crippen LogP contribution in [-0.2, 0) is 6.54 Å². The molecule has 1 nitrogen and oxygen atoms in total. The average Bonchev–Trinajstić information content (AvgIpc) is 3.15. The summed E-state index contributed by atoms with van der Waals surface area (Å²) in [5.74, 6) is 0.611. The molecule has 0 spiro atoms. The third-order valence-corrected chi connectivity index (χ3v) is 3.84. The lowest BCUT2D eigenvalue weighted by molar-refractivity contribution is 0.405. The van der Waals surface area contributed by atoms with Crippen molar-refractivity contribution in [1.29, 1.82) is 0 Å². The highest BCUT2D eigenvalue weighted by Crippen LogP contribution is 2.44. The molecule has 1 N–H and O–H groups in total. The molecular weight excluding hydrogens is 220 g/mol. The van der Waals surface area contributed by atoms with E-state index in [1.165, 1.54) is 43.9 Å². The highest BCUT2D eigenvalue weighted by atomic mass is 19.1. The van der Waals surface area contributed by atoms with Crippen molar-refractivity contribution in [2.75, 3.05) is 0 Å². The van der Waals surface area contributed by atoms with Crippen LogP contribution in [-0.4, -0.2) is 6.04 Å². The molecule has 0 aliphatic heterocycles. The Morgan fingerprint density at radius 3 is 2.06 bits per heavy atom. The lowest BCUT2D eigenvalue weighted by Gasteiger charge is -2.18. The Morgan fingerprint density at radius 1 is 1.06 bits per heavy atom. The minimum Gasteiger partial charge on any atom is -0.309 e. The summed E-state index contributed by atoms with van der Waals surface area (Å²) in [5.41, 5.74) is 0.179. The van der Waals surface area contributed by atoms with Crippen LogP contribution in [0.4, 0.5) is 8.78 Å². The van der Waals surface area contributed by atoms with Crippen molar-refractivity contribution in [3.63, 3.8) is 0 Å². The van der Waals surface area contributed by atoms with Crippen molar-refractivity contribution in [2.45, 2.75) is 38.3 Å². The van der Waals surface area contributed by atoms with Gasteiger partial charge in [0, 0.05) is 18.2 Å². The molecule has 0 bridgehead atoms. The van der Waals surface area contributed by atoms with E-state index in [0.29, 0.717) is 12.6 Å². The number of rotatable bonds is 5. The van der Waals surface area contributed by atoms with Crippen LogP contribution in [0.3, 0.4) is 0 Å². The number of halogens is 2. The zero-order chi connectivity index (χ0) is 11.8. The summed E-state index contributed by atoms with van der Waals surface area (Å²) in [4.78, 5) is 0. The van der Waals surface area contributed by atoms with Crippen LogP contribution < -0.4 is 5.32 Å². The van der Waals surface area contributed by atoms with E-state index in [9.17, 15) is 8.78 Å². The topological polar surface area (TPSA) is 12.0 Å². The maximum absolute atomic E-state index is 13.5. The van der Waals surface area contributed by atoms with Gasteiger partial charge in [-0.2, -0.15) is 0 Å². The normalized spacial score (nSPS) is 19.9. The van der Waals surface area contributed by atoms with E-state index in [1.54, 1.807) is 0 Å². The second-order valence-electron chi connectivity index (χ2n) is 5.28. The molecule has 1 aromatic carbocycles. The van der Waals surface area contributed by atoms with Gasteiger partial charge in [-0.3, -0.25) is 0 Å². The van der Waals surface area contributed by atoms with Crippen LogP contribution >= 0.6 is 0 Å². The lowest BCUT2D eigenvalue weighted by Crippen LogP contribution is -2.33. The van der Waals surface area contributed by atoms with Gasteiger partial charge in [-0.05, 0) is 49.7 Å². The molecule has 2 fully saturated rings. The van der Waals surface area contributed by atoms with Crippen LogP contribution in [0.5, 0.6) is 0 Å². The van der Waals surface area contributed by atoms with Crippen molar-refractivity contribution >= 4 is 0 Å². The molecule has 0 aromatic heterocycles. The fraction of sp³-hybridized carbons (Fsp3) is 0.571. The van der Waals surface area contributed by atoms with E-state index in [0.717, 1.165) is 11.8 Å². The third-order valence-electron chi connectivity index (χ3n) is 3.84. The summed E-state index contributed by atoms with van der Waals surface area (Å²) in [7, 11) is 0. The van der Waals surface area contributed by atoms with E-state index >= 15 is 0 Å². The standard InChI is InChI=1S/C14H17F2N/c15-12-2-1-3-13(16)11(12)8-17-14(9-4-5-9)10-6-7-10/h1-3,9-10,14,17H,4-8H2. The second-order valence-corrected chi connectivity index (χ2v) is 5.28. The Kier molecular flexibility index (Phi) is 2.87. The molecule has 0 atom stereocenters. The number of nitrogens with one attached hydrogen (secondary N) is 1. The fourth-order valence-electron chi connectivity index (χ4n) is 2.55. The smallest absolute Gasteiger partial charge is 0.130 e. The maximum Gasteiger partial charge on any atom is 0.130 e. The molecule has 0 amide bonds. The molecule has 17 heavy (non-hydrogen) atoms. The van der Waals surface area contributed by atoms with Crippen molar-refractivity contribution in [3.8, 4) is 0 Å². The van der Waals surface area contributed by atoms with E-state index in [4.69, 9.17) is 0 Å². The van der Waals surface area contributed by atoms with Crippen LogP contribution in [0.15, 0.2) is 18.2 Å². The van der Waals surface area contributed by atoms with E-state index in [-0.39, 0.29) is 5.56 Å². The molecule has 0 radical (unpaired) electrons. The molecule has 3 heteroatoms. The van der Waals surface area contributed by atoms with Gasteiger partial charge in [0.05, 0.1) is 0 Å². The van der Waals surface area contributed by atoms with E-state index < -0.39 is 11.6 Å². The van der Waals surface area contributed by atoms with Gasteiger partial charge < -0.3 is 5.32 Å². The van der Waals surface area contributed by atoms with E-state index in [2.05, 4.69) is 5.32 Å². The quantitative estimate of drug-likeness (QED) is 0.829. The molecule has 2 aliphatic carbocycles. The first-order chi connectivity index (χ1) is 8.25. The minimum atomic E-state index is -0.442. The summed E-state index contributed by atoms with van der Waals surface area (Å²) >= 11 is 0. The van der Waals surface area contributed by atoms with Crippen LogP contribution in [0.1, 0.15) is 31.2 Å². The zero-order valence-corrected chi connectivity index (χ0v) is 9.76. The number of hydrogen-bond acceptors (Lipinski definition) is 1. The Labute approximate surface area is 100 Å². The second kappa shape index (κ2) is 4.37. The van der Waals surface area contributed by atoms with Gasteiger partial charge in [0.1, 0.15) is 11.6 Å². The Hall–Kier alpha value is -0.960. The van der Waals surface area contributed by atoms with Crippen molar-refractivity contribution < 1.29 is 8.78 Å². The summed E-state index contributed by atoms with van der Waals surface area (Å²) in [6.07, 6.45) is 5.09. The zero-order valence-electron chi connectivity index (χ0n) is 9.76. The lowest BCUT2D eigenvalue weighted by atomic mass is 10.1. The largest absolute Gasteiger partial charge is 0.309 e. The van der Waals surface area contributed by atoms with Gasteiger partial charge in [-0.25, -0.2) is 8.78 Å². The van der Waals surface area contributed by atoms with Gasteiger partial charge in [0.15, 0.2) is 0 Å². The Morgan fingerprint density at radius 2 is 1.59 bits per heavy atom. The summed E-state index contributed by atoms with van der Waals surface area (Å²) < 4.78 is 26.9. The van der Waals surface area contributed by atoms with Crippen molar-refractivity contribution in [1.82, 2.24) is 5.32 Å². The first kappa shape index (κ1) is 11.1. The number of benzene rings is 1. The monoisotopic (exact) mass is 237 g/mol. The predicted molar refractivity (Wildman–Crippen MR) is 62.4 cm³/mol. The van der Waals surface area contributed by atoms with E-state index in [1.807, 2.05) is 0 Å². The Balaban J connectivity index is 1.66. The van der Waals surface area contributed by atoms with Crippen molar-refractivity contribution in [2.24, 2.45) is 11.8 Å². The summed E-state index contributed by atoms with van der Waals surface area (Å²) in [6, 6.07) is 4.54. The highest BCUT2D eigenvalue weighted by molar-refractivity contribution is 5.19. The van der Waals surface area contributed by atoms with Gasteiger partial charge in [0.25, 0.3) is 0 Å². The molecule has 0 saturated heterocycles. The number of hydrogen-bond donors (Lipinski definition) is 1.